The van der Waals surface area contributed by atoms with Crippen molar-refractivity contribution in [2.75, 3.05) is 0 Å². The average molecular weight is 348 g/mol. The van der Waals surface area contributed by atoms with E-state index in [1.165, 1.54) is 5.56 Å². The van der Waals surface area contributed by atoms with Crippen LogP contribution in [0.15, 0.2) is 47.0 Å². The fraction of sp³-hybridized carbons (Fsp3) is 0.304. The molecule has 3 heterocycles. The molecule has 0 atom stereocenters. The van der Waals surface area contributed by atoms with Gasteiger partial charge in [-0.1, -0.05) is 26.8 Å². The summed E-state index contributed by atoms with van der Waals surface area (Å²) >= 11 is 0. The van der Waals surface area contributed by atoms with E-state index in [0.29, 0.717) is 11.3 Å². The Morgan fingerprint density at radius 1 is 1.12 bits per heavy atom. The molecule has 0 fully saturated rings. The second-order valence-electron chi connectivity index (χ2n) is 7.94. The number of hydrogen-bond donors (Lipinski definition) is 0. The Hall–Kier alpha value is -2.68. The molecule has 0 amide bonds. The molecule has 0 N–H and O–H groups in total. The Kier molecular flexibility index (Phi) is 2.94. The second kappa shape index (κ2) is 5.66. The minimum Gasteiger partial charge on any atom is -0.438 e. The zero-order valence-corrected chi connectivity index (χ0v) is 15.8. The van der Waals surface area contributed by atoms with E-state index < -0.39 is 6.85 Å². The predicted molar refractivity (Wildman–Crippen MR) is 106 cm³/mol. The van der Waals surface area contributed by atoms with Gasteiger partial charge in [0.05, 0.1) is 5.56 Å². The minimum absolute atomic E-state index is 0.0272. The van der Waals surface area contributed by atoms with E-state index in [4.69, 9.17) is 8.53 Å². The fourth-order valence-corrected chi connectivity index (χ4v) is 3.47. The third-order valence-corrected chi connectivity index (χ3v) is 4.98. The highest BCUT2D eigenvalue weighted by molar-refractivity contribution is 6.11. The number of furan rings is 1. The van der Waals surface area contributed by atoms with Crippen molar-refractivity contribution < 1.29 is 13.1 Å². The van der Waals surface area contributed by atoms with Gasteiger partial charge in [-0.05, 0) is 48.5 Å². The first-order valence-corrected chi connectivity index (χ1v) is 8.81. The maximum Gasteiger partial charge on any atom is 0.227 e. The van der Waals surface area contributed by atoms with Crippen molar-refractivity contribution in [3.05, 3.63) is 59.4 Å². The van der Waals surface area contributed by atoms with Crippen LogP contribution >= 0.6 is 0 Å². The SMILES string of the molecule is [2H]C([2H])([2H])c1ccc2c(n1)oc1ccc(C)c(-c3cc(C(C)(C)C)cc[n+]3C)c12. The van der Waals surface area contributed by atoms with Crippen molar-refractivity contribution in [3.8, 4) is 11.3 Å². The fourth-order valence-electron chi connectivity index (χ4n) is 3.47. The van der Waals surface area contributed by atoms with Gasteiger partial charge in [0.2, 0.25) is 11.4 Å². The molecule has 0 spiro atoms. The Balaban J connectivity index is 2.07. The van der Waals surface area contributed by atoms with Crippen molar-refractivity contribution in [2.24, 2.45) is 7.05 Å². The highest BCUT2D eigenvalue weighted by Gasteiger charge is 2.24. The quantitative estimate of drug-likeness (QED) is 0.432. The van der Waals surface area contributed by atoms with Crippen LogP contribution in [0.4, 0.5) is 0 Å². The largest absolute Gasteiger partial charge is 0.438 e. The Morgan fingerprint density at radius 2 is 1.92 bits per heavy atom. The van der Waals surface area contributed by atoms with Gasteiger partial charge in [0.15, 0.2) is 6.20 Å². The maximum absolute atomic E-state index is 7.63. The summed E-state index contributed by atoms with van der Waals surface area (Å²) in [7, 11) is 2.04. The summed E-state index contributed by atoms with van der Waals surface area (Å²) in [5.74, 6) is 0. The average Bonchev–Trinajstić information content (AvgIpc) is 2.99. The van der Waals surface area contributed by atoms with E-state index in [2.05, 4.69) is 55.6 Å². The van der Waals surface area contributed by atoms with Crippen molar-refractivity contribution in [2.45, 2.75) is 40.0 Å². The molecule has 0 aliphatic heterocycles. The van der Waals surface area contributed by atoms with Crippen LogP contribution in [0.5, 0.6) is 0 Å². The second-order valence-corrected chi connectivity index (χ2v) is 7.94. The topological polar surface area (TPSA) is 29.9 Å². The van der Waals surface area contributed by atoms with Gasteiger partial charge in [-0.3, -0.25) is 0 Å². The molecule has 3 heteroatoms. The maximum atomic E-state index is 7.63. The number of aryl methyl sites for hydroxylation is 3. The lowest BCUT2D eigenvalue weighted by Crippen LogP contribution is -2.32. The van der Waals surface area contributed by atoms with Crippen LogP contribution in [-0.4, -0.2) is 4.98 Å². The summed E-state index contributed by atoms with van der Waals surface area (Å²) in [6, 6.07) is 11.7. The van der Waals surface area contributed by atoms with Gasteiger partial charge < -0.3 is 4.42 Å². The molecular formula is C23H25N2O+. The van der Waals surface area contributed by atoms with Crippen LogP contribution in [0.25, 0.3) is 33.3 Å². The zero-order chi connectivity index (χ0) is 21.1. The molecule has 4 aromatic rings. The normalized spacial score (nSPS) is 14.4. The number of rotatable bonds is 1. The molecule has 1 aromatic carbocycles. The Morgan fingerprint density at radius 3 is 2.65 bits per heavy atom. The van der Waals surface area contributed by atoms with E-state index in [-0.39, 0.29) is 11.1 Å². The summed E-state index contributed by atoms with van der Waals surface area (Å²) in [5, 5.41) is 1.79. The van der Waals surface area contributed by atoms with Crippen molar-refractivity contribution in [3.63, 3.8) is 0 Å². The Labute approximate surface area is 158 Å². The number of nitrogens with zero attached hydrogens (tertiary/aromatic N) is 2. The van der Waals surface area contributed by atoms with Gasteiger partial charge in [-0.2, -0.15) is 0 Å². The Bertz CT molecular complexity index is 1250. The van der Waals surface area contributed by atoms with E-state index in [0.717, 1.165) is 27.6 Å². The van der Waals surface area contributed by atoms with Crippen LogP contribution in [-0.2, 0) is 12.5 Å². The van der Waals surface area contributed by atoms with E-state index >= 15 is 0 Å². The third-order valence-electron chi connectivity index (χ3n) is 4.98. The lowest BCUT2D eigenvalue weighted by Gasteiger charge is -2.19. The standard InChI is InChI=1S/C23H25N2O/c1-14-7-10-19-21(17-9-8-15(2)24-22(17)26-19)20(14)18-13-16(23(3,4)5)11-12-25(18)6/h7-13H,1-6H3/q+1/i2D3. The summed E-state index contributed by atoms with van der Waals surface area (Å²) in [6.45, 7) is 6.42. The number of hydrogen-bond acceptors (Lipinski definition) is 2. The summed E-state index contributed by atoms with van der Waals surface area (Å²) in [6.07, 6.45) is 2.08. The third kappa shape index (κ3) is 2.59. The summed E-state index contributed by atoms with van der Waals surface area (Å²) in [5.41, 5.74) is 5.68. The van der Waals surface area contributed by atoms with Crippen molar-refractivity contribution >= 4 is 22.1 Å². The molecule has 0 bridgehead atoms. The summed E-state index contributed by atoms with van der Waals surface area (Å²) in [4.78, 5) is 4.29. The molecule has 0 radical (unpaired) electrons. The molecule has 0 saturated heterocycles. The van der Waals surface area contributed by atoms with Gasteiger partial charge >= 0.3 is 0 Å². The first kappa shape index (κ1) is 13.5. The molecule has 0 saturated carbocycles. The number of benzene rings is 1. The van der Waals surface area contributed by atoms with Gasteiger partial charge in [0.1, 0.15) is 12.6 Å². The first-order chi connectivity index (χ1) is 13.5. The molecule has 4 rings (SSSR count). The van der Waals surface area contributed by atoms with Gasteiger partial charge in [-0.25, -0.2) is 9.55 Å². The first-order valence-electron chi connectivity index (χ1n) is 10.3. The molecular weight excluding hydrogens is 320 g/mol. The highest BCUT2D eigenvalue weighted by Crippen LogP contribution is 2.38. The summed E-state index contributed by atoms with van der Waals surface area (Å²) < 4.78 is 31.0. The zero-order valence-electron chi connectivity index (χ0n) is 18.8. The molecule has 132 valence electrons. The molecule has 26 heavy (non-hydrogen) atoms. The molecule has 3 aromatic heterocycles. The van der Waals surface area contributed by atoms with E-state index in [1.807, 2.05) is 25.2 Å². The van der Waals surface area contributed by atoms with Crippen LogP contribution in [0.3, 0.4) is 0 Å². The molecule has 0 aliphatic carbocycles. The molecule has 0 aliphatic rings. The van der Waals surface area contributed by atoms with Crippen LogP contribution in [0.1, 0.15) is 41.7 Å². The van der Waals surface area contributed by atoms with E-state index in [9.17, 15) is 0 Å². The lowest BCUT2D eigenvalue weighted by molar-refractivity contribution is -0.660. The van der Waals surface area contributed by atoms with Crippen LogP contribution in [0.2, 0.25) is 0 Å². The monoisotopic (exact) mass is 348 g/mol. The van der Waals surface area contributed by atoms with Crippen LogP contribution < -0.4 is 4.57 Å². The van der Waals surface area contributed by atoms with Crippen molar-refractivity contribution in [1.82, 2.24) is 4.98 Å². The van der Waals surface area contributed by atoms with Crippen LogP contribution in [0, 0.1) is 13.8 Å². The van der Waals surface area contributed by atoms with Gasteiger partial charge in [-0.15, -0.1) is 0 Å². The van der Waals surface area contributed by atoms with Crippen molar-refractivity contribution in [1.29, 1.82) is 0 Å². The van der Waals surface area contributed by atoms with Gasteiger partial charge in [0.25, 0.3) is 0 Å². The minimum atomic E-state index is -2.26. The number of aromatic nitrogens is 2. The molecule has 0 unspecified atom stereocenters. The smallest absolute Gasteiger partial charge is 0.227 e. The number of pyridine rings is 2. The van der Waals surface area contributed by atoms with E-state index in [1.54, 1.807) is 6.07 Å². The number of fused-ring (bicyclic) bond motifs is 3. The van der Waals surface area contributed by atoms with Gasteiger partial charge in [0, 0.05) is 32.7 Å². The lowest BCUT2D eigenvalue weighted by atomic mass is 9.86. The predicted octanol–water partition coefficient (Wildman–Crippen LogP) is 5.39. The molecule has 3 nitrogen and oxygen atoms in total. The highest BCUT2D eigenvalue weighted by atomic mass is 16.3.